The predicted octanol–water partition coefficient (Wildman–Crippen LogP) is -2.20. The Morgan fingerprint density at radius 2 is 2.07 bits per heavy atom. The summed E-state index contributed by atoms with van der Waals surface area (Å²) in [4.78, 5) is 10.4. The minimum atomic E-state index is -1.21. The molecule has 7 N–H and O–H groups in total. The van der Waals surface area contributed by atoms with Gasteiger partial charge in [-0.05, 0) is 0 Å². The summed E-state index contributed by atoms with van der Waals surface area (Å²) in [6, 6.07) is 0. The van der Waals surface area contributed by atoms with Crippen LogP contribution in [0.4, 0.5) is 0 Å². The van der Waals surface area contributed by atoms with Crippen molar-refractivity contribution < 1.29 is 15.1 Å². The number of nitrogens with two attached hydrogens (primary N) is 2. The van der Waals surface area contributed by atoms with Crippen LogP contribution in [-0.4, -0.2) is 41.3 Å². The van der Waals surface area contributed by atoms with Crippen molar-refractivity contribution in [2.75, 3.05) is 13.1 Å². The Morgan fingerprint density at radius 3 is 2.50 bits per heavy atom. The van der Waals surface area contributed by atoms with Crippen LogP contribution in [0.2, 0.25) is 0 Å². The van der Waals surface area contributed by atoms with E-state index >= 15 is 0 Å². The molecule has 0 aromatic carbocycles. The third-order valence-electron chi connectivity index (χ3n) is 1.74. The van der Waals surface area contributed by atoms with Crippen molar-refractivity contribution in [2.24, 2.45) is 22.5 Å². The summed E-state index contributed by atoms with van der Waals surface area (Å²) < 4.78 is 0. The van der Waals surface area contributed by atoms with Gasteiger partial charge >= 0.3 is 0 Å². The molecule has 82 valence electrons. The number of rotatable bonds is 6. The van der Waals surface area contributed by atoms with Gasteiger partial charge in [-0.3, -0.25) is 4.79 Å². The molecule has 0 aliphatic carbocycles. The van der Waals surface area contributed by atoms with Crippen molar-refractivity contribution in [1.82, 2.24) is 5.32 Å². The van der Waals surface area contributed by atoms with Crippen molar-refractivity contribution in [3.05, 3.63) is 0 Å². The van der Waals surface area contributed by atoms with Crippen LogP contribution in [0.25, 0.3) is 0 Å². The smallest absolute Gasteiger partial charge is 0.247 e. The molecule has 0 aromatic heterocycles. The van der Waals surface area contributed by atoms with Crippen LogP contribution >= 0.6 is 0 Å². The fraction of sp³-hybridized carbons (Fsp3) is 0.714. The second-order valence-electron chi connectivity index (χ2n) is 3.00. The molecule has 7 nitrogen and oxygen atoms in total. The van der Waals surface area contributed by atoms with Crippen molar-refractivity contribution in [3.63, 3.8) is 0 Å². The topological polar surface area (TPSA) is 134 Å². The Labute approximate surface area is 81.8 Å². The molecular formula is C7H16N4O3. The number of carbonyl (C=O) groups excluding carboxylic acids is 1. The lowest BCUT2D eigenvalue weighted by molar-refractivity contribution is -0.125. The molecule has 0 fully saturated rings. The van der Waals surface area contributed by atoms with Crippen LogP contribution in [0.1, 0.15) is 6.92 Å². The molecule has 0 saturated heterocycles. The highest BCUT2D eigenvalue weighted by Crippen LogP contribution is 1.91. The second kappa shape index (κ2) is 6.17. The minimum absolute atomic E-state index is 0.0540. The summed E-state index contributed by atoms with van der Waals surface area (Å²) in [6.07, 6.45) is -1.21. The molecule has 0 spiro atoms. The van der Waals surface area contributed by atoms with Gasteiger partial charge in [-0.25, -0.2) is 0 Å². The molecule has 14 heavy (non-hydrogen) atoms. The number of primary amides is 1. The van der Waals surface area contributed by atoms with Crippen LogP contribution < -0.4 is 16.8 Å². The zero-order valence-corrected chi connectivity index (χ0v) is 7.97. The monoisotopic (exact) mass is 204 g/mol. The number of amidine groups is 1. The van der Waals surface area contributed by atoms with E-state index in [1.54, 1.807) is 6.92 Å². The molecule has 0 saturated carbocycles. The van der Waals surface area contributed by atoms with Crippen LogP contribution in [-0.2, 0) is 4.79 Å². The Kier molecular flexibility index (Phi) is 5.58. The molecule has 1 amide bonds. The van der Waals surface area contributed by atoms with E-state index in [1.165, 1.54) is 0 Å². The van der Waals surface area contributed by atoms with Gasteiger partial charge in [0.05, 0.1) is 0 Å². The fourth-order valence-corrected chi connectivity index (χ4v) is 0.740. The van der Waals surface area contributed by atoms with E-state index in [2.05, 4.69) is 10.5 Å². The maximum atomic E-state index is 10.4. The number of oxime groups is 1. The van der Waals surface area contributed by atoms with E-state index in [-0.39, 0.29) is 18.3 Å². The van der Waals surface area contributed by atoms with E-state index in [4.69, 9.17) is 21.8 Å². The number of aliphatic hydroxyl groups excluding tert-OH is 1. The summed E-state index contributed by atoms with van der Waals surface area (Å²) in [5, 5.41) is 22.9. The van der Waals surface area contributed by atoms with Crippen LogP contribution in [0, 0.1) is 5.92 Å². The summed E-state index contributed by atoms with van der Waals surface area (Å²) in [5.41, 5.74) is 10.1. The van der Waals surface area contributed by atoms with Crippen molar-refractivity contribution in [1.29, 1.82) is 0 Å². The average molecular weight is 204 g/mol. The highest BCUT2D eigenvalue weighted by Gasteiger charge is 2.12. The molecule has 0 heterocycles. The first-order valence-electron chi connectivity index (χ1n) is 4.14. The minimum Gasteiger partial charge on any atom is -0.409 e. The first-order valence-corrected chi connectivity index (χ1v) is 4.14. The largest absolute Gasteiger partial charge is 0.409 e. The lowest BCUT2D eigenvalue weighted by Crippen LogP contribution is -2.40. The molecule has 0 aromatic rings. The number of hydrogen-bond acceptors (Lipinski definition) is 5. The number of amides is 1. The van der Waals surface area contributed by atoms with E-state index in [1.807, 2.05) is 0 Å². The summed E-state index contributed by atoms with van der Waals surface area (Å²) >= 11 is 0. The molecule has 0 aliphatic rings. The highest BCUT2D eigenvalue weighted by molar-refractivity contribution is 5.82. The maximum absolute atomic E-state index is 10.4. The van der Waals surface area contributed by atoms with E-state index in [0.717, 1.165) is 0 Å². The van der Waals surface area contributed by atoms with Crippen molar-refractivity contribution in [3.8, 4) is 0 Å². The van der Waals surface area contributed by atoms with Crippen LogP contribution in [0.3, 0.4) is 0 Å². The predicted molar refractivity (Wildman–Crippen MR) is 50.6 cm³/mol. The van der Waals surface area contributed by atoms with Crippen molar-refractivity contribution >= 4 is 11.7 Å². The molecule has 2 unspecified atom stereocenters. The summed E-state index contributed by atoms with van der Waals surface area (Å²) in [6.45, 7) is 2.18. The van der Waals surface area contributed by atoms with E-state index < -0.39 is 12.0 Å². The Balaban J connectivity index is 3.69. The first-order chi connectivity index (χ1) is 6.49. The fourth-order valence-electron chi connectivity index (χ4n) is 0.740. The molecule has 2 atom stereocenters. The Hall–Kier alpha value is -1.34. The van der Waals surface area contributed by atoms with Gasteiger partial charge in [-0.2, -0.15) is 0 Å². The Bertz CT molecular complexity index is 219. The number of hydrogen-bond donors (Lipinski definition) is 5. The van der Waals surface area contributed by atoms with Gasteiger partial charge in [-0.1, -0.05) is 12.1 Å². The van der Waals surface area contributed by atoms with Gasteiger partial charge in [0.1, 0.15) is 11.9 Å². The standard InChI is InChI=1S/C7H16N4O3/c1-4(6(8)11-14)2-10-3-5(12)7(9)13/h4-5,10,12,14H,2-3H2,1H3,(H2,8,11)(H2,9,13). The maximum Gasteiger partial charge on any atom is 0.247 e. The zero-order valence-electron chi connectivity index (χ0n) is 7.97. The molecule has 0 aliphatic heterocycles. The number of nitrogens with one attached hydrogen (secondary N) is 1. The lowest BCUT2D eigenvalue weighted by atomic mass is 10.1. The average Bonchev–Trinajstić information content (AvgIpc) is 2.15. The molecule has 0 rings (SSSR count). The van der Waals surface area contributed by atoms with Crippen LogP contribution in [0.15, 0.2) is 5.16 Å². The zero-order chi connectivity index (χ0) is 11.1. The van der Waals surface area contributed by atoms with Gasteiger partial charge in [0, 0.05) is 19.0 Å². The van der Waals surface area contributed by atoms with E-state index in [9.17, 15) is 4.79 Å². The third kappa shape index (κ3) is 4.63. The lowest BCUT2D eigenvalue weighted by Gasteiger charge is -2.12. The first kappa shape index (κ1) is 12.7. The SMILES string of the molecule is CC(CNCC(O)C(N)=O)C(N)=NO. The van der Waals surface area contributed by atoms with Gasteiger partial charge in [-0.15, -0.1) is 0 Å². The van der Waals surface area contributed by atoms with Crippen LogP contribution in [0.5, 0.6) is 0 Å². The molecular weight excluding hydrogens is 188 g/mol. The summed E-state index contributed by atoms with van der Waals surface area (Å²) in [7, 11) is 0. The van der Waals surface area contributed by atoms with Crippen molar-refractivity contribution in [2.45, 2.75) is 13.0 Å². The molecule has 7 heteroatoms. The quantitative estimate of drug-likeness (QED) is 0.145. The molecule has 0 radical (unpaired) electrons. The van der Waals surface area contributed by atoms with Gasteiger partial charge in [0.15, 0.2) is 0 Å². The number of aliphatic hydroxyl groups is 1. The molecule has 0 bridgehead atoms. The number of nitrogens with zero attached hydrogens (tertiary/aromatic N) is 1. The van der Waals surface area contributed by atoms with Gasteiger partial charge in [0.25, 0.3) is 0 Å². The third-order valence-corrected chi connectivity index (χ3v) is 1.74. The van der Waals surface area contributed by atoms with E-state index in [0.29, 0.717) is 6.54 Å². The number of carbonyl (C=O) groups is 1. The van der Waals surface area contributed by atoms with Gasteiger partial charge < -0.3 is 27.1 Å². The Morgan fingerprint density at radius 1 is 1.50 bits per heavy atom. The second-order valence-corrected chi connectivity index (χ2v) is 3.00. The normalized spacial score (nSPS) is 16.3. The summed E-state index contributed by atoms with van der Waals surface area (Å²) in [5.74, 6) is -0.875. The van der Waals surface area contributed by atoms with Gasteiger partial charge in [0.2, 0.25) is 5.91 Å². The highest BCUT2D eigenvalue weighted by atomic mass is 16.4.